The summed E-state index contributed by atoms with van der Waals surface area (Å²) in [5.74, 6) is 2.29. The second-order valence-electron chi connectivity index (χ2n) is 6.85. The van der Waals surface area contributed by atoms with E-state index in [1.807, 2.05) is 18.2 Å². The average Bonchev–Trinajstić information content (AvgIpc) is 3.51. The second-order valence-corrected chi connectivity index (χ2v) is 6.85. The van der Waals surface area contributed by atoms with Crippen LogP contribution in [0, 0.1) is 0 Å². The van der Waals surface area contributed by atoms with Crippen molar-refractivity contribution in [2.24, 2.45) is 4.99 Å². The zero-order chi connectivity index (χ0) is 19.1. The Morgan fingerprint density at radius 2 is 1.75 bits per heavy atom. The maximum atomic E-state index is 5.51. The van der Waals surface area contributed by atoms with Gasteiger partial charge in [0.15, 0.2) is 17.5 Å². The first-order valence-corrected chi connectivity index (χ1v) is 9.50. The lowest BCUT2D eigenvalue weighted by molar-refractivity contribution is 0.352. The highest BCUT2D eigenvalue weighted by molar-refractivity contribution is 14.0. The first-order chi connectivity index (χ1) is 13.2. The van der Waals surface area contributed by atoms with Crippen LogP contribution >= 0.6 is 24.0 Å². The Balaban J connectivity index is 0.00000280. The van der Waals surface area contributed by atoms with E-state index < -0.39 is 0 Å². The van der Waals surface area contributed by atoms with Crippen LogP contribution in [-0.4, -0.2) is 33.3 Å². The second kappa shape index (κ2) is 10.5. The number of hydrogen-bond donors (Lipinski definition) is 2. The molecule has 28 heavy (non-hydrogen) atoms. The number of halogens is 1. The molecule has 0 bridgehead atoms. The Hall–Kier alpha value is -1.96. The number of benzene rings is 2. The van der Waals surface area contributed by atoms with Gasteiger partial charge in [0.2, 0.25) is 0 Å². The van der Waals surface area contributed by atoms with Gasteiger partial charge in [-0.2, -0.15) is 0 Å². The highest BCUT2D eigenvalue weighted by Gasteiger charge is 2.43. The Bertz CT molecular complexity index is 777. The lowest BCUT2D eigenvalue weighted by Crippen LogP contribution is -2.41. The van der Waals surface area contributed by atoms with Crippen LogP contribution in [0.25, 0.3) is 0 Å². The molecule has 0 radical (unpaired) electrons. The van der Waals surface area contributed by atoms with Crippen molar-refractivity contribution in [2.75, 3.05) is 27.3 Å². The molecule has 0 atom stereocenters. The van der Waals surface area contributed by atoms with Gasteiger partial charge in [-0.25, -0.2) is 4.99 Å². The summed E-state index contributed by atoms with van der Waals surface area (Å²) in [4.78, 5) is 4.75. The largest absolute Gasteiger partial charge is 0.493 e. The van der Waals surface area contributed by atoms with Gasteiger partial charge in [0.25, 0.3) is 0 Å². The maximum absolute atomic E-state index is 5.51. The number of aliphatic imine (C=N–C) groups is 1. The van der Waals surface area contributed by atoms with Gasteiger partial charge in [-0.1, -0.05) is 42.5 Å². The van der Waals surface area contributed by atoms with Gasteiger partial charge >= 0.3 is 0 Å². The zero-order valence-electron chi connectivity index (χ0n) is 16.8. The van der Waals surface area contributed by atoms with Crippen LogP contribution in [0.4, 0.5) is 0 Å². The molecule has 1 saturated carbocycles. The summed E-state index contributed by atoms with van der Waals surface area (Å²) in [5, 5.41) is 6.86. The molecule has 0 aromatic heterocycles. The number of rotatable bonds is 8. The Morgan fingerprint density at radius 3 is 2.36 bits per heavy atom. The molecular formula is C22H30IN3O2. The summed E-state index contributed by atoms with van der Waals surface area (Å²) in [6.07, 6.45) is 2.43. The third-order valence-electron chi connectivity index (χ3n) is 5.07. The average molecular weight is 495 g/mol. The van der Waals surface area contributed by atoms with E-state index in [0.717, 1.165) is 36.1 Å². The molecule has 2 aromatic rings. The van der Waals surface area contributed by atoms with Gasteiger partial charge in [-0.15, -0.1) is 24.0 Å². The van der Waals surface area contributed by atoms with Crippen molar-refractivity contribution in [1.29, 1.82) is 0 Å². The minimum atomic E-state index is 0. The molecule has 0 saturated heterocycles. The highest BCUT2D eigenvalue weighted by Crippen LogP contribution is 2.47. The topological polar surface area (TPSA) is 54.9 Å². The molecule has 0 heterocycles. The minimum absolute atomic E-state index is 0. The molecule has 0 amide bonds. The lowest BCUT2D eigenvalue weighted by atomic mass is 9.96. The van der Waals surface area contributed by atoms with Crippen LogP contribution in [-0.2, 0) is 12.0 Å². The Morgan fingerprint density at radius 1 is 1.00 bits per heavy atom. The number of hydrogen-bond acceptors (Lipinski definition) is 3. The van der Waals surface area contributed by atoms with Crippen molar-refractivity contribution in [2.45, 2.75) is 31.7 Å². The van der Waals surface area contributed by atoms with Gasteiger partial charge in [0.05, 0.1) is 20.8 Å². The zero-order valence-corrected chi connectivity index (χ0v) is 19.2. The number of guanidine groups is 1. The van der Waals surface area contributed by atoms with E-state index in [2.05, 4.69) is 47.9 Å². The van der Waals surface area contributed by atoms with Crippen LogP contribution < -0.4 is 20.1 Å². The summed E-state index contributed by atoms with van der Waals surface area (Å²) in [6.45, 7) is 4.30. The summed E-state index contributed by atoms with van der Waals surface area (Å²) >= 11 is 0. The third-order valence-corrected chi connectivity index (χ3v) is 5.07. The monoisotopic (exact) mass is 495 g/mol. The molecule has 1 aliphatic carbocycles. The van der Waals surface area contributed by atoms with Gasteiger partial charge in [0.1, 0.15) is 0 Å². The van der Waals surface area contributed by atoms with Gasteiger partial charge < -0.3 is 20.1 Å². The van der Waals surface area contributed by atoms with E-state index in [0.29, 0.717) is 6.54 Å². The number of nitrogens with zero attached hydrogens (tertiary/aromatic N) is 1. The van der Waals surface area contributed by atoms with Crippen LogP contribution in [0.15, 0.2) is 53.5 Å². The number of ether oxygens (including phenoxy) is 2. The molecule has 6 heteroatoms. The third kappa shape index (κ3) is 5.31. The maximum Gasteiger partial charge on any atom is 0.191 e. The predicted molar refractivity (Wildman–Crippen MR) is 125 cm³/mol. The van der Waals surface area contributed by atoms with Crippen molar-refractivity contribution >= 4 is 29.9 Å². The summed E-state index contributed by atoms with van der Waals surface area (Å²) < 4.78 is 10.9. The van der Waals surface area contributed by atoms with Gasteiger partial charge in [0, 0.05) is 24.1 Å². The number of para-hydroxylation sites is 1. The molecule has 2 N–H and O–H groups in total. The minimum Gasteiger partial charge on any atom is -0.493 e. The number of methoxy groups -OCH3 is 2. The van der Waals surface area contributed by atoms with E-state index in [4.69, 9.17) is 14.5 Å². The lowest BCUT2D eigenvalue weighted by Gasteiger charge is -2.19. The molecule has 1 fully saturated rings. The molecule has 2 aromatic carbocycles. The van der Waals surface area contributed by atoms with Crippen molar-refractivity contribution in [3.63, 3.8) is 0 Å². The fourth-order valence-electron chi connectivity index (χ4n) is 3.35. The van der Waals surface area contributed by atoms with Crippen LogP contribution in [0.5, 0.6) is 11.5 Å². The molecule has 3 rings (SSSR count). The summed E-state index contributed by atoms with van der Waals surface area (Å²) in [5.41, 5.74) is 2.64. The van der Waals surface area contributed by atoms with E-state index in [9.17, 15) is 0 Å². The van der Waals surface area contributed by atoms with Crippen molar-refractivity contribution in [3.05, 3.63) is 59.7 Å². The van der Waals surface area contributed by atoms with Crippen LogP contribution in [0.2, 0.25) is 0 Å². The fraction of sp³-hybridized carbons (Fsp3) is 0.409. The molecule has 1 aliphatic rings. The molecule has 0 aliphatic heterocycles. The molecule has 0 unspecified atom stereocenters. The SMILES string of the molecule is CCNC(=NCc1cccc(OC)c1OC)NCC1(c2ccccc2)CC1.I. The quantitative estimate of drug-likeness (QED) is 0.329. The van der Waals surface area contributed by atoms with Gasteiger partial charge in [-0.3, -0.25) is 0 Å². The number of nitrogens with one attached hydrogen (secondary N) is 2. The normalized spacial score (nSPS) is 14.6. The van der Waals surface area contributed by atoms with Crippen LogP contribution in [0.3, 0.4) is 0 Å². The molecule has 0 spiro atoms. The fourth-order valence-corrected chi connectivity index (χ4v) is 3.35. The highest BCUT2D eigenvalue weighted by atomic mass is 127. The summed E-state index contributed by atoms with van der Waals surface area (Å²) in [6, 6.07) is 16.6. The van der Waals surface area contributed by atoms with E-state index in [1.165, 1.54) is 18.4 Å². The molecule has 5 nitrogen and oxygen atoms in total. The standard InChI is InChI=1S/C22H29N3O2.HI/c1-4-23-21(24-15-17-9-8-12-19(26-2)20(17)27-3)25-16-22(13-14-22)18-10-6-5-7-11-18;/h5-12H,4,13-16H2,1-3H3,(H2,23,24,25);1H. The van der Waals surface area contributed by atoms with E-state index >= 15 is 0 Å². The van der Waals surface area contributed by atoms with Crippen LogP contribution in [0.1, 0.15) is 30.9 Å². The molecular weight excluding hydrogens is 465 g/mol. The van der Waals surface area contributed by atoms with E-state index in [1.54, 1.807) is 14.2 Å². The van der Waals surface area contributed by atoms with Crippen molar-refractivity contribution in [3.8, 4) is 11.5 Å². The smallest absolute Gasteiger partial charge is 0.191 e. The Labute approximate surface area is 184 Å². The summed E-state index contributed by atoms with van der Waals surface area (Å²) in [7, 11) is 3.31. The van der Waals surface area contributed by atoms with Crippen molar-refractivity contribution < 1.29 is 9.47 Å². The Kier molecular flexibility index (Phi) is 8.41. The van der Waals surface area contributed by atoms with Crippen molar-refractivity contribution in [1.82, 2.24) is 10.6 Å². The predicted octanol–water partition coefficient (Wildman–Crippen LogP) is 4.11. The van der Waals surface area contributed by atoms with Gasteiger partial charge in [-0.05, 0) is 31.4 Å². The first-order valence-electron chi connectivity index (χ1n) is 9.50. The molecule has 152 valence electrons. The van der Waals surface area contributed by atoms with E-state index in [-0.39, 0.29) is 29.4 Å². The first kappa shape index (κ1) is 22.3.